The van der Waals surface area contributed by atoms with Crippen LogP contribution in [0.5, 0.6) is 0 Å². The molecule has 0 aliphatic carbocycles. The third-order valence-corrected chi connectivity index (χ3v) is 4.85. The van der Waals surface area contributed by atoms with Crippen molar-refractivity contribution < 1.29 is 32.3 Å². The predicted octanol–water partition coefficient (Wildman–Crippen LogP) is 1.11. The molecule has 0 radical (unpaired) electrons. The zero-order valence-corrected chi connectivity index (χ0v) is 17.5. The average molecular weight is 421 g/mol. The van der Waals surface area contributed by atoms with Crippen LogP contribution in [0.1, 0.15) is 40.3 Å². The number of sulfone groups is 1. The largest absolute Gasteiger partial charge is 0.457 e. The molecule has 1 aromatic rings. The summed E-state index contributed by atoms with van der Waals surface area (Å²) in [5.41, 5.74) is 3.02. The maximum atomic E-state index is 12.3. The van der Waals surface area contributed by atoms with Crippen LogP contribution >= 0.6 is 11.3 Å². The van der Waals surface area contributed by atoms with Gasteiger partial charge in [-0.15, -0.1) is 11.3 Å². The highest BCUT2D eigenvalue weighted by molar-refractivity contribution is 7.91. The van der Waals surface area contributed by atoms with Gasteiger partial charge in [0.2, 0.25) is 11.8 Å². The lowest BCUT2D eigenvalue weighted by atomic mass is 10.2. The summed E-state index contributed by atoms with van der Waals surface area (Å²) in [5, 5.41) is 5.20. The molecule has 0 aromatic carbocycles. The van der Waals surface area contributed by atoms with Gasteiger partial charge in [0.15, 0.2) is 20.4 Å². The summed E-state index contributed by atoms with van der Waals surface area (Å²) in [6.07, 6.45) is -0.209. The van der Waals surface area contributed by atoms with Crippen molar-refractivity contribution in [1.29, 1.82) is 0 Å². The number of nitrogens with two attached hydrogens (primary N) is 1. The number of hydrogen-bond donors (Lipinski definition) is 1. The van der Waals surface area contributed by atoms with Crippen molar-refractivity contribution in [2.45, 2.75) is 51.8 Å². The molecule has 2 atom stereocenters. The van der Waals surface area contributed by atoms with Crippen molar-refractivity contribution in [3.8, 4) is 0 Å². The Hall–Kier alpha value is -2.21. The summed E-state index contributed by atoms with van der Waals surface area (Å²) in [5.74, 6) is -1.78. The van der Waals surface area contributed by atoms with Crippen molar-refractivity contribution in [2.75, 3.05) is 12.0 Å². The van der Waals surface area contributed by atoms with Gasteiger partial charge in [0.1, 0.15) is 11.3 Å². The van der Waals surface area contributed by atoms with Gasteiger partial charge in [-0.2, -0.15) is 0 Å². The van der Waals surface area contributed by atoms with Crippen LogP contribution < -0.4 is 5.73 Å². The summed E-state index contributed by atoms with van der Waals surface area (Å²) >= 11 is 1.04. The first-order chi connectivity index (χ1) is 12.2. The molecule has 27 heavy (non-hydrogen) atoms. The maximum absolute atomic E-state index is 12.3. The van der Waals surface area contributed by atoms with Gasteiger partial charge in [-0.1, -0.05) is 5.16 Å². The Morgan fingerprint density at radius 3 is 2.33 bits per heavy atom. The molecule has 0 aliphatic rings. The SMILES string of the molecule is CC(ON=C(C(=O)OC(C)S(C)(=O)=O)c1csc(N)n1)C(=O)OC(C)(C)C. The molecule has 0 aliphatic heterocycles. The lowest BCUT2D eigenvalue weighted by Crippen LogP contribution is -2.32. The fourth-order valence-corrected chi connectivity index (χ4v) is 2.25. The van der Waals surface area contributed by atoms with E-state index < -0.39 is 44.6 Å². The summed E-state index contributed by atoms with van der Waals surface area (Å²) in [4.78, 5) is 33.2. The van der Waals surface area contributed by atoms with Crippen LogP contribution in [0.15, 0.2) is 10.5 Å². The molecule has 152 valence electrons. The molecule has 1 heterocycles. The molecule has 10 nitrogen and oxygen atoms in total. The highest BCUT2D eigenvalue weighted by Crippen LogP contribution is 2.15. The normalized spacial score (nSPS) is 15.0. The minimum absolute atomic E-state index is 0.0274. The lowest BCUT2D eigenvalue weighted by Gasteiger charge is -2.21. The van der Waals surface area contributed by atoms with E-state index in [0.717, 1.165) is 17.6 Å². The summed E-state index contributed by atoms with van der Waals surface area (Å²) in [7, 11) is -3.63. The Morgan fingerprint density at radius 2 is 1.89 bits per heavy atom. The number of anilines is 1. The second-order valence-electron chi connectivity index (χ2n) is 6.59. The first kappa shape index (κ1) is 22.8. The minimum atomic E-state index is -3.63. The number of carbonyl (C=O) groups is 2. The van der Waals surface area contributed by atoms with E-state index >= 15 is 0 Å². The standard InChI is InChI=1S/C15H23N3O7S2/c1-8(12(19)24-15(3,4)5)25-18-11(10-7-26-14(16)17-10)13(20)23-9(2)27(6,21)22/h7-9H,1-6H3,(H2,16,17). The number of nitrogens with zero attached hydrogens (tertiary/aromatic N) is 2. The number of nitrogen functional groups attached to an aromatic ring is 1. The summed E-state index contributed by atoms with van der Waals surface area (Å²) < 4.78 is 33.0. The van der Waals surface area contributed by atoms with Crippen LogP contribution in [0.25, 0.3) is 0 Å². The number of hydrogen-bond acceptors (Lipinski definition) is 11. The Bertz CT molecular complexity index is 825. The van der Waals surface area contributed by atoms with E-state index in [1.807, 2.05) is 0 Å². The molecule has 0 saturated heterocycles. The summed E-state index contributed by atoms with van der Waals surface area (Å²) in [6, 6.07) is 0. The van der Waals surface area contributed by atoms with Gasteiger partial charge in [-0.25, -0.2) is 23.0 Å². The van der Waals surface area contributed by atoms with Crippen LogP contribution in [-0.2, 0) is 33.7 Å². The minimum Gasteiger partial charge on any atom is -0.457 e. The highest BCUT2D eigenvalue weighted by atomic mass is 32.2. The number of aromatic nitrogens is 1. The van der Waals surface area contributed by atoms with E-state index in [2.05, 4.69) is 10.1 Å². The number of carbonyl (C=O) groups excluding carboxylic acids is 2. The Balaban J connectivity index is 3.03. The van der Waals surface area contributed by atoms with E-state index in [9.17, 15) is 18.0 Å². The van der Waals surface area contributed by atoms with Gasteiger partial charge in [0.25, 0.3) is 0 Å². The van der Waals surface area contributed by atoms with Crippen LogP contribution in [0.3, 0.4) is 0 Å². The molecule has 0 bridgehead atoms. The number of oxime groups is 1. The first-order valence-electron chi connectivity index (χ1n) is 7.78. The van der Waals surface area contributed by atoms with Gasteiger partial charge in [-0.05, 0) is 34.6 Å². The van der Waals surface area contributed by atoms with E-state index in [1.165, 1.54) is 19.2 Å². The van der Waals surface area contributed by atoms with Crippen molar-refractivity contribution in [1.82, 2.24) is 4.98 Å². The molecular formula is C15H23N3O7S2. The van der Waals surface area contributed by atoms with Crippen molar-refractivity contribution in [3.63, 3.8) is 0 Å². The van der Waals surface area contributed by atoms with Crippen molar-refractivity contribution in [3.05, 3.63) is 11.1 Å². The van der Waals surface area contributed by atoms with Crippen LogP contribution in [0, 0.1) is 0 Å². The molecule has 0 fully saturated rings. The molecule has 12 heteroatoms. The fourth-order valence-electron chi connectivity index (χ4n) is 1.44. The Labute approximate surface area is 161 Å². The van der Waals surface area contributed by atoms with Gasteiger partial charge in [-0.3, -0.25) is 0 Å². The van der Waals surface area contributed by atoms with E-state index in [1.54, 1.807) is 20.8 Å². The molecule has 0 spiro atoms. The second kappa shape index (κ2) is 8.65. The maximum Gasteiger partial charge on any atom is 0.364 e. The third kappa shape index (κ3) is 7.51. The monoisotopic (exact) mass is 421 g/mol. The fraction of sp³-hybridized carbons (Fsp3) is 0.600. The van der Waals surface area contributed by atoms with E-state index in [0.29, 0.717) is 0 Å². The molecule has 0 saturated carbocycles. The molecule has 0 amide bonds. The number of thiazole rings is 1. The zero-order valence-electron chi connectivity index (χ0n) is 15.9. The van der Waals surface area contributed by atoms with Crippen LogP contribution in [0.4, 0.5) is 5.13 Å². The quantitative estimate of drug-likeness (QED) is 0.388. The van der Waals surface area contributed by atoms with Gasteiger partial charge < -0.3 is 20.0 Å². The smallest absolute Gasteiger partial charge is 0.364 e. The zero-order chi connectivity index (χ0) is 21.0. The number of esters is 2. The topological polar surface area (TPSA) is 147 Å². The van der Waals surface area contributed by atoms with Gasteiger partial charge in [0.05, 0.1) is 0 Å². The van der Waals surface area contributed by atoms with E-state index in [4.69, 9.17) is 20.0 Å². The Kier molecular flexibility index (Phi) is 7.32. The molecule has 1 aromatic heterocycles. The van der Waals surface area contributed by atoms with Gasteiger partial charge in [0, 0.05) is 11.6 Å². The number of rotatable bonds is 7. The summed E-state index contributed by atoms with van der Waals surface area (Å²) in [6.45, 7) is 7.65. The average Bonchev–Trinajstić information content (AvgIpc) is 2.90. The molecule has 2 unspecified atom stereocenters. The molecule has 2 N–H and O–H groups in total. The lowest BCUT2D eigenvalue weighted by molar-refractivity contribution is -0.167. The van der Waals surface area contributed by atoms with Crippen LogP contribution in [0.2, 0.25) is 0 Å². The molecule has 1 rings (SSSR count). The highest BCUT2D eigenvalue weighted by Gasteiger charge is 2.28. The first-order valence-corrected chi connectivity index (χ1v) is 10.6. The van der Waals surface area contributed by atoms with Crippen molar-refractivity contribution in [2.24, 2.45) is 5.16 Å². The Morgan fingerprint density at radius 1 is 1.30 bits per heavy atom. The molecular weight excluding hydrogens is 398 g/mol. The number of ether oxygens (including phenoxy) is 2. The van der Waals surface area contributed by atoms with E-state index in [-0.39, 0.29) is 10.8 Å². The second-order valence-corrected chi connectivity index (χ2v) is 9.81. The predicted molar refractivity (Wildman–Crippen MR) is 99.9 cm³/mol. The van der Waals surface area contributed by atoms with Gasteiger partial charge >= 0.3 is 11.9 Å². The van der Waals surface area contributed by atoms with Crippen molar-refractivity contribution >= 4 is 44.0 Å². The third-order valence-electron chi connectivity index (χ3n) is 2.87. The van der Waals surface area contributed by atoms with Crippen LogP contribution in [-0.4, -0.2) is 54.4 Å².